The van der Waals surface area contributed by atoms with Gasteiger partial charge in [0, 0.05) is 25.2 Å². The Labute approximate surface area is 137 Å². The van der Waals surface area contributed by atoms with Crippen LogP contribution >= 0.6 is 0 Å². The van der Waals surface area contributed by atoms with Gasteiger partial charge in [0.15, 0.2) is 0 Å². The molecule has 3 rings (SSSR count). The molecule has 124 valence electrons. The Balaban J connectivity index is 1.45. The van der Waals surface area contributed by atoms with Crippen LogP contribution in [-0.2, 0) is 4.79 Å². The maximum absolute atomic E-state index is 12.7. The van der Waals surface area contributed by atoms with Gasteiger partial charge in [0.1, 0.15) is 0 Å². The Bertz CT molecular complexity index is 561. The van der Waals surface area contributed by atoms with Crippen LogP contribution in [0.1, 0.15) is 36.0 Å². The molecular formula is C18H25N3O2. The summed E-state index contributed by atoms with van der Waals surface area (Å²) in [7, 11) is 0. The topological polar surface area (TPSA) is 70.2 Å². The number of hydrogen-bond donors (Lipinski definition) is 3. The van der Waals surface area contributed by atoms with Crippen molar-refractivity contribution in [3.8, 4) is 0 Å². The predicted molar refractivity (Wildman–Crippen MR) is 89.0 cm³/mol. The summed E-state index contributed by atoms with van der Waals surface area (Å²) in [5.74, 6) is 0.521. The fourth-order valence-electron chi connectivity index (χ4n) is 3.91. The van der Waals surface area contributed by atoms with E-state index < -0.39 is 0 Å². The maximum Gasteiger partial charge on any atom is 0.251 e. The number of benzene rings is 1. The molecule has 0 aromatic heterocycles. The molecular weight excluding hydrogens is 290 g/mol. The van der Waals surface area contributed by atoms with Crippen LogP contribution in [0.25, 0.3) is 0 Å². The van der Waals surface area contributed by atoms with E-state index in [1.54, 1.807) is 12.1 Å². The van der Waals surface area contributed by atoms with Gasteiger partial charge in [0.2, 0.25) is 5.91 Å². The molecule has 0 unspecified atom stereocenters. The zero-order chi connectivity index (χ0) is 16.1. The second-order valence-corrected chi connectivity index (χ2v) is 6.61. The largest absolute Gasteiger partial charge is 0.354 e. The lowest BCUT2D eigenvalue weighted by atomic mass is 9.67. The van der Waals surface area contributed by atoms with Crippen LogP contribution < -0.4 is 16.0 Å². The SMILES string of the molecule is O=C(NCCNC(=O)[C@@]12CCCC[C@H]1CNC2)c1ccccc1. The van der Waals surface area contributed by atoms with Gasteiger partial charge in [-0.1, -0.05) is 31.0 Å². The van der Waals surface area contributed by atoms with Crippen molar-refractivity contribution in [1.82, 2.24) is 16.0 Å². The fourth-order valence-corrected chi connectivity index (χ4v) is 3.91. The van der Waals surface area contributed by atoms with Crippen molar-refractivity contribution in [2.75, 3.05) is 26.2 Å². The quantitative estimate of drug-likeness (QED) is 0.718. The highest BCUT2D eigenvalue weighted by molar-refractivity contribution is 5.94. The normalized spacial score (nSPS) is 26.3. The zero-order valence-corrected chi connectivity index (χ0v) is 13.4. The molecule has 0 radical (unpaired) electrons. The van der Waals surface area contributed by atoms with E-state index in [2.05, 4.69) is 16.0 Å². The number of carbonyl (C=O) groups excluding carboxylic acids is 2. The summed E-state index contributed by atoms with van der Waals surface area (Å²) in [5.41, 5.74) is 0.423. The summed E-state index contributed by atoms with van der Waals surface area (Å²) in [6.07, 6.45) is 4.49. The molecule has 1 heterocycles. The number of amides is 2. The van der Waals surface area contributed by atoms with Crippen LogP contribution in [0.15, 0.2) is 30.3 Å². The van der Waals surface area contributed by atoms with E-state index in [1.165, 1.54) is 6.42 Å². The molecule has 2 atom stereocenters. The molecule has 1 aliphatic carbocycles. The van der Waals surface area contributed by atoms with Gasteiger partial charge in [0.05, 0.1) is 5.41 Å². The van der Waals surface area contributed by atoms with Crippen LogP contribution in [-0.4, -0.2) is 38.0 Å². The first-order valence-corrected chi connectivity index (χ1v) is 8.55. The van der Waals surface area contributed by atoms with Gasteiger partial charge in [-0.15, -0.1) is 0 Å². The average molecular weight is 315 g/mol. The van der Waals surface area contributed by atoms with Crippen molar-refractivity contribution in [2.24, 2.45) is 11.3 Å². The van der Waals surface area contributed by atoms with E-state index in [9.17, 15) is 9.59 Å². The Hall–Kier alpha value is -1.88. The van der Waals surface area contributed by atoms with E-state index >= 15 is 0 Å². The lowest BCUT2D eigenvalue weighted by Crippen LogP contribution is -2.49. The fraction of sp³-hybridized carbons (Fsp3) is 0.556. The van der Waals surface area contributed by atoms with Gasteiger partial charge in [-0.3, -0.25) is 9.59 Å². The number of fused-ring (bicyclic) bond motifs is 1. The minimum atomic E-state index is -0.221. The highest BCUT2D eigenvalue weighted by atomic mass is 16.2. The lowest BCUT2D eigenvalue weighted by molar-refractivity contribution is -0.133. The minimum Gasteiger partial charge on any atom is -0.354 e. The van der Waals surface area contributed by atoms with E-state index in [4.69, 9.17) is 0 Å². The number of hydrogen-bond acceptors (Lipinski definition) is 3. The summed E-state index contributed by atoms with van der Waals surface area (Å²) in [6.45, 7) is 2.68. The molecule has 1 aromatic rings. The Morgan fingerprint density at radius 2 is 1.91 bits per heavy atom. The third kappa shape index (κ3) is 3.39. The van der Waals surface area contributed by atoms with Crippen molar-refractivity contribution < 1.29 is 9.59 Å². The molecule has 1 saturated heterocycles. The van der Waals surface area contributed by atoms with Crippen molar-refractivity contribution >= 4 is 11.8 Å². The Morgan fingerprint density at radius 3 is 2.74 bits per heavy atom. The van der Waals surface area contributed by atoms with E-state index in [1.807, 2.05) is 18.2 Å². The molecule has 2 fully saturated rings. The van der Waals surface area contributed by atoms with Crippen molar-refractivity contribution in [3.63, 3.8) is 0 Å². The van der Waals surface area contributed by atoms with Crippen molar-refractivity contribution in [3.05, 3.63) is 35.9 Å². The predicted octanol–water partition coefficient (Wildman–Crippen LogP) is 1.31. The number of carbonyl (C=O) groups is 2. The van der Waals surface area contributed by atoms with Crippen LogP contribution in [0.4, 0.5) is 0 Å². The molecule has 3 N–H and O–H groups in total. The summed E-state index contributed by atoms with van der Waals surface area (Å²) < 4.78 is 0. The Kier molecular flexibility index (Phi) is 4.96. The van der Waals surface area contributed by atoms with Crippen molar-refractivity contribution in [1.29, 1.82) is 0 Å². The number of nitrogens with one attached hydrogen (secondary N) is 3. The summed E-state index contributed by atoms with van der Waals surface area (Å²) in [5, 5.41) is 9.26. The molecule has 2 aliphatic rings. The van der Waals surface area contributed by atoms with Crippen LogP contribution in [0.3, 0.4) is 0 Å². The van der Waals surface area contributed by atoms with Gasteiger partial charge in [0.25, 0.3) is 5.91 Å². The first kappa shape index (κ1) is 16.0. The molecule has 2 amide bonds. The monoisotopic (exact) mass is 315 g/mol. The molecule has 0 spiro atoms. The zero-order valence-electron chi connectivity index (χ0n) is 13.4. The summed E-state index contributed by atoms with van der Waals surface area (Å²) >= 11 is 0. The highest BCUT2D eigenvalue weighted by Gasteiger charge is 2.49. The first-order valence-electron chi connectivity index (χ1n) is 8.55. The standard InChI is InChI=1S/C18H25N3O2/c22-16(14-6-2-1-3-7-14)20-10-11-21-17(23)18-9-5-4-8-15(18)12-19-13-18/h1-3,6-7,15,19H,4-5,8-13H2,(H,20,22)(H,21,23)/t15-,18+/m0/s1. The first-order chi connectivity index (χ1) is 11.2. The average Bonchev–Trinajstić information content (AvgIpc) is 3.04. The molecule has 0 bridgehead atoms. The van der Waals surface area contributed by atoms with Crippen molar-refractivity contribution in [2.45, 2.75) is 25.7 Å². The van der Waals surface area contributed by atoms with Gasteiger partial charge < -0.3 is 16.0 Å². The third-order valence-electron chi connectivity index (χ3n) is 5.22. The lowest BCUT2D eigenvalue weighted by Gasteiger charge is -2.37. The van der Waals surface area contributed by atoms with E-state index in [-0.39, 0.29) is 17.2 Å². The maximum atomic E-state index is 12.7. The molecule has 1 saturated carbocycles. The third-order valence-corrected chi connectivity index (χ3v) is 5.22. The second kappa shape index (κ2) is 7.13. The molecule has 1 aliphatic heterocycles. The van der Waals surface area contributed by atoms with E-state index in [0.717, 1.165) is 32.4 Å². The van der Waals surface area contributed by atoms with Gasteiger partial charge >= 0.3 is 0 Å². The number of rotatable bonds is 5. The molecule has 5 nitrogen and oxygen atoms in total. The van der Waals surface area contributed by atoms with Crippen LogP contribution in [0.2, 0.25) is 0 Å². The molecule has 5 heteroatoms. The molecule has 1 aromatic carbocycles. The van der Waals surface area contributed by atoms with Crippen LogP contribution in [0, 0.1) is 11.3 Å². The van der Waals surface area contributed by atoms with Gasteiger partial charge in [-0.05, 0) is 37.4 Å². The van der Waals surface area contributed by atoms with E-state index in [0.29, 0.717) is 24.6 Å². The minimum absolute atomic E-state index is 0.101. The summed E-state index contributed by atoms with van der Waals surface area (Å²) in [6, 6.07) is 9.12. The van der Waals surface area contributed by atoms with Crippen LogP contribution in [0.5, 0.6) is 0 Å². The summed E-state index contributed by atoms with van der Waals surface area (Å²) in [4.78, 5) is 24.6. The Morgan fingerprint density at radius 1 is 1.13 bits per heavy atom. The molecule has 23 heavy (non-hydrogen) atoms. The highest BCUT2D eigenvalue weighted by Crippen LogP contribution is 2.43. The van der Waals surface area contributed by atoms with Gasteiger partial charge in [-0.25, -0.2) is 0 Å². The second-order valence-electron chi connectivity index (χ2n) is 6.61. The van der Waals surface area contributed by atoms with Gasteiger partial charge in [-0.2, -0.15) is 0 Å². The smallest absolute Gasteiger partial charge is 0.251 e.